The van der Waals surface area contributed by atoms with Crippen LogP contribution < -0.4 is 4.90 Å². The van der Waals surface area contributed by atoms with Gasteiger partial charge in [-0.3, -0.25) is 0 Å². The molecule has 12 aromatic carbocycles. The Morgan fingerprint density at radius 1 is 0.265 bits per heavy atom. The first-order valence-electron chi connectivity index (χ1n) is 23.6. The zero-order valence-electron chi connectivity index (χ0n) is 37.4. The zero-order valence-corrected chi connectivity index (χ0v) is 37.4. The van der Waals surface area contributed by atoms with E-state index in [0.29, 0.717) is 0 Å². The number of rotatable bonds is 8. The summed E-state index contributed by atoms with van der Waals surface area (Å²) in [7, 11) is 0. The largest absolute Gasteiger partial charge is 0.309 e. The van der Waals surface area contributed by atoms with Gasteiger partial charge < -0.3 is 4.90 Å². The molecule has 0 saturated heterocycles. The van der Waals surface area contributed by atoms with Crippen LogP contribution in [0.25, 0.3) is 76.8 Å². The third-order valence-electron chi connectivity index (χ3n) is 14.3. The molecule has 68 heavy (non-hydrogen) atoms. The average molecular weight is 864 g/mol. The Morgan fingerprint density at radius 3 is 1.43 bits per heavy atom. The molecule has 0 N–H and O–H groups in total. The van der Waals surface area contributed by atoms with Gasteiger partial charge in [-0.15, -0.1) is 0 Å². The molecule has 0 saturated carbocycles. The number of benzene rings is 12. The lowest BCUT2D eigenvalue weighted by Gasteiger charge is -2.36. The first kappa shape index (κ1) is 39.6. The van der Waals surface area contributed by atoms with Crippen LogP contribution in [0.2, 0.25) is 0 Å². The molecule has 0 spiro atoms. The molecule has 0 aromatic heterocycles. The maximum Gasteiger partial charge on any atom is 0.0714 e. The summed E-state index contributed by atoms with van der Waals surface area (Å²) >= 11 is 0. The fraction of sp³-hybridized carbons (Fsp3) is 0.0149. The molecule has 1 nitrogen and oxygen atoms in total. The molecule has 318 valence electrons. The number of hydrogen-bond acceptors (Lipinski definition) is 1. The quantitative estimate of drug-likeness (QED) is 0.138. The Balaban J connectivity index is 1.11. The van der Waals surface area contributed by atoms with Gasteiger partial charge in [0.15, 0.2) is 0 Å². The van der Waals surface area contributed by atoms with Crippen molar-refractivity contribution in [1.29, 1.82) is 0 Å². The molecule has 1 heteroatoms. The molecule has 0 radical (unpaired) electrons. The smallest absolute Gasteiger partial charge is 0.0714 e. The van der Waals surface area contributed by atoms with Crippen molar-refractivity contribution in [2.24, 2.45) is 0 Å². The van der Waals surface area contributed by atoms with Gasteiger partial charge in [-0.1, -0.05) is 243 Å². The molecule has 1 aliphatic rings. The summed E-state index contributed by atoms with van der Waals surface area (Å²) in [4.78, 5) is 2.54. The number of hydrogen-bond donors (Lipinski definition) is 0. The summed E-state index contributed by atoms with van der Waals surface area (Å²) in [5.41, 5.74) is 17.5. The highest BCUT2D eigenvalue weighted by atomic mass is 15.1. The average Bonchev–Trinajstić information content (AvgIpc) is 3.73. The predicted octanol–water partition coefficient (Wildman–Crippen LogP) is 18.0. The summed E-state index contributed by atoms with van der Waals surface area (Å²) in [5.74, 6) is 0. The maximum atomic E-state index is 2.54. The minimum Gasteiger partial charge on any atom is -0.309 e. The van der Waals surface area contributed by atoms with Gasteiger partial charge in [0.05, 0.1) is 11.1 Å². The van der Waals surface area contributed by atoms with E-state index in [1.807, 2.05) is 0 Å². The van der Waals surface area contributed by atoms with Gasteiger partial charge in [0, 0.05) is 22.3 Å². The van der Waals surface area contributed by atoms with E-state index in [0.717, 1.165) is 17.1 Å². The van der Waals surface area contributed by atoms with Crippen molar-refractivity contribution < 1.29 is 0 Å². The van der Waals surface area contributed by atoms with Gasteiger partial charge in [0.25, 0.3) is 0 Å². The van der Waals surface area contributed by atoms with E-state index in [9.17, 15) is 0 Å². The van der Waals surface area contributed by atoms with Crippen LogP contribution in [0.4, 0.5) is 17.1 Å². The summed E-state index contributed by atoms with van der Waals surface area (Å²) in [5, 5.41) is 7.29. The predicted molar refractivity (Wildman–Crippen MR) is 287 cm³/mol. The summed E-state index contributed by atoms with van der Waals surface area (Å²) in [6.45, 7) is 0. The van der Waals surface area contributed by atoms with Crippen molar-refractivity contribution >= 4 is 49.4 Å². The maximum absolute atomic E-state index is 2.54. The SMILES string of the molecule is c1ccc(-c2ccccc2-c2ccc(N(c3cccc(C4(c5ccccc5)c5ccccc5-c5ccccc54)c3)c3c(-c4ccc5ccccc5c4)c4ccccc4c4ccccc34)cc2)cc1. The van der Waals surface area contributed by atoms with E-state index in [4.69, 9.17) is 0 Å². The standard InChI is InChI=1S/C67H45N/c1-3-21-47(22-4-1)55-28-9-10-29-56(55)48-40-42-53(43-41-48)68(66-62-35-14-12-31-58(62)57-30-11-13-34-61(57)65(66)50-39-38-46-20-7-8-23-49(46)44-50)54-27-19-26-52(45-54)67(51-24-5-2-6-25-51)63-36-17-15-32-59(63)60-33-16-18-37-64(60)67/h1-45H. The Morgan fingerprint density at radius 2 is 0.750 bits per heavy atom. The van der Waals surface area contributed by atoms with Crippen LogP contribution in [-0.2, 0) is 5.41 Å². The van der Waals surface area contributed by atoms with E-state index < -0.39 is 5.41 Å². The monoisotopic (exact) mass is 863 g/mol. The van der Waals surface area contributed by atoms with Crippen molar-refractivity contribution in [1.82, 2.24) is 0 Å². The van der Waals surface area contributed by atoms with Crippen LogP contribution in [-0.4, -0.2) is 0 Å². The summed E-state index contributed by atoms with van der Waals surface area (Å²) in [6, 6.07) is 101. The molecule has 0 amide bonds. The van der Waals surface area contributed by atoms with E-state index in [-0.39, 0.29) is 0 Å². The molecule has 0 aliphatic heterocycles. The lowest BCUT2D eigenvalue weighted by atomic mass is 9.67. The topological polar surface area (TPSA) is 3.24 Å². The van der Waals surface area contributed by atoms with E-state index >= 15 is 0 Å². The van der Waals surface area contributed by atoms with Crippen molar-refractivity contribution in [2.45, 2.75) is 5.41 Å². The van der Waals surface area contributed by atoms with E-state index in [1.54, 1.807) is 0 Å². The molecule has 13 rings (SSSR count). The Bertz CT molecular complexity index is 3800. The van der Waals surface area contributed by atoms with E-state index in [2.05, 4.69) is 278 Å². The molecule has 0 unspecified atom stereocenters. The fourth-order valence-corrected chi connectivity index (χ4v) is 11.4. The van der Waals surface area contributed by atoms with Gasteiger partial charge in [-0.25, -0.2) is 0 Å². The molecule has 0 fully saturated rings. The van der Waals surface area contributed by atoms with Crippen molar-refractivity contribution in [2.75, 3.05) is 4.90 Å². The third kappa shape index (κ3) is 6.24. The second-order valence-electron chi connectivity index (χ2n) is 17.9. The van der Waals surface area contributed by atoms with Crippen LogP contribution in [0, 0.1) is 0 Å². The number of anilines is 3. The second kappa shape index (κ2) is 16.3. The van der Waals surface area contributed by atoms with Crippen molar-refractivity contribution in [3.05, 3.63) is 295 Å². The minimum absolute atomic E-state index is 0.562. The van der Waals surface area contributed by atoms with Crippen LogP contribution in [0.15, 0.2) is 273 Å². The Kier molecular flexibility index (Phi) is 9.47. The van der Waals surface area contributed by atoms with Gasteiger partial charge in [0.1, 0.15) is 0 Å². The third-order valence-corrected chi connectivity index (χ3v) is 14.3. The lowest BCUT2D eigenvalue weighted by molar-refractivity contribution is 0.768. The highest BCUT2D eigenvalue weighted by molar-refractivity contribution is 6.22. The molecule has 0 heterocycles. The minimum atomic E-state index is -0.562. The van der Waals surface area contributed by atoms with Crippen LogP contribution in [0.1, 0.15) is 22.3 Å². The molecule has 12 aromatic rings. The Hall–Kier alpha value is -8.78. The van der Waals surface area contributed by atoms with Gasteiger partial charge in [0.2, 0.25) is 0 Å². The second-order valence-corrected chi connectivity index (χ2v) is 17.9. The highest BCUT2D eigenvalue weighted by Gasteiger charge is 2.46. The first-order valence-corrected chi connectivity index (χ1v) is 23.6. The molecular weight excluding hydrogens is 819 g/mol. The van der Waals surface area contributed by atoms with E-state index in [1.165, 1.54) is 99.1 Å². The van der Waals surface area contributed by atoms with Gasteiger partial charge >= 0.3 is 0 Å². The normalized spacial score (nSPS) is 12.5. The Labute approximate surface area is 397 Å². The zero-order chi connectivity index (χ0) is 45.0. The van der Waals surface area contributed by atoms with Crippen LogP contribution >= 0.6 is 0 Å². The first-order chi connectivity index (χ1) is 33.8. The van der Waals surface area contributed by atoms with Crippen molar-refractivity contribution in [3.63, 3.8) is 0 Å². The van der Waals surface area contributed by atoms with Crippen molar-refractivity contribution in [3.8, 4) is 44.5 Å². The fourth-order valence-electron chi connectivity index (χ4n) is 11.4. The molecular formula is C67H45N. The van der Waals surface area contributed by atoms with Crippen LogP contribution in [0.3, 0.4) is 0 Å². The van der Waals surface area contributed by atoms with Gasteiger partial charge in [-0.05, 0) is 118 Å². The van der Waals surface area contributed by atoms with Crippen LogP contribution in [0.5, 0.6) is 0 Å². The molecule has 0 atom stereocenters. The summed E-state index contributed by atoms with van der Waals surface area (Å²) in [6.07, 6.45) is 0. The molecule has 1 aliphatic carbocycles. The molecule has 0 bridgehead atoms. The number of fused-ring (bicyclic) bond motifs is 7. The summed E-state index contributed by atoms with van der Waals surface area (Å²) < 4.78 is 0. The van der Waals surface area contributed by atoms with Gasteiger partial charge in [-0.2, -0.15) is 0 Å². The number of nitrogens with zero attached hydrogens (tertiary/aromatic N) is 1. The highest BCUT2D eigenvalue weighted by Crippen LogP contribution is 2.57. The lowest BCUT2D eigenvalue weighted by Crippen LogP contribution is -2.28.